The highest BCUT2D eigenvalue weighted by Crippen LogP contribution is 2.27. The Morgan fingerprint density at radius 3 is 2.82 bits per heavy atom. The number of ether oxygens (including phenoxy) is 1. The van der Waals surface area contributed by atoms with Gasteiger partial charge in [0, 0.05) is 0 Å². The van der Waals surface area contributed by atoms with Crippen molar-refractivity contribution in [2.75, 3.05) is 11.9 Å². The molecule has 0 atom stereocenters. The van der Waals surface area contributed by atoms with Crippen LogP contribution >= 0.6 is 12.2 Å². The van der Waals surface area contributed by atoms with Crippen molar-refractivity contribution < 1.29 is 4.74 Å². The molecule has 92 valence electrons. The highest BCUT2D eigenvalue weighted by Gasteiger charge is 2.08. The SMILES string of the molecule is CCOc1cccc(C)c1NC(=S)NC(=N)N. The van der Waals surface area contributed by atoms with Gasteiger partial charge in [-0.15, -0.1) is 0 Å². The second-order valence-electron chi connectivity index (χ2n) is 3.37. The Hall–Kier alpha value is -1.82. The van der Waals surface area contributed by atoms with Crippen LogP contribution in [0.5, 0.6) is 5.75 Å². The van der Waals surface area contributed by atoms with E-state index in [0.717, 1.165) is 17.0 Å². The second kappa shape index (κ2) is 6.05. The number of benzene rings is 1. The molecule has 0 aliphatic heterocycles. The van der Waals surface area contributed by atoms with Gasteiger partial charge in [-0.3, -0.25) is 5.41 Å². The first-order chi connectivity index (χ1) is 8.04. The molecule has 0 bridgehead atoms. The van der Waals surface area contributed by atoms with Crippen molar-refractivity contribution in [2.45, 2.75) is 13.8 Å². The molecule has 0 aliphatic rings. The first kappa shape index (κ1) is 13.2. The van der Waals surface area contributed by atoms with E-state index in [1.807, 2.05) is 32.0 Å². The first-order valence-corrected chi connectivity index (χ1v) is 5.59. The predicted molar refractivity (Wildman–Crippen MR) is 73.6 cm³/mol. The number of guanidine groups is 1. The highest BCUT2D eigenvalue weighted by atomic mass is 32.1. The molecule has 0 aromatic heterocycles. The molecule has 6 heteroatoms. The minimum absolute atomic E-state index is 0.200. The first-order valence-electron chi connectivity index (χ1n) is 5.19. The third-order valence-electron chi connectivity index (χ3n) is 2.02. The van der Waals surface area contributed by atoms with E-state index in [4.69, 9.17) is 28.1 Å². The van der Waals surface area contributed by atoms with Gasteiger partial charge in [-0.25, -0.2) is 0 Å². The van der Waals surface area contributed by atoms with Gasteiger partial charge in [-0.05, 0) is 37.7 Å². The van der Waals surface area contributed by atoms with Crippen molar-refractivity contribution in [3.8, 4) is 5.75 Å². The molecule has 5 nitrogen and oxygen atoms in total. The summed E-state index contributed by atoms with van der Waals surface area (Å²) in [6, 6.07) is 5.71. The minimum atomic E-state index is -0.200. The fourth-order valence-electron chi connectivity index (χ4n) is 1.34. The maximum absolute atomic E-state index is 7.09. The summed E-state index contributed by atoms with van der Waals surface area (Å²) in [4.78, 5) is 0. The van der Waals surface area contributed by atoms with E-state index in [2.05, 4.69) is 10.6 Å². The molecule has 0 heterocycles. The van der Waals surface area contributed by atoms with Gasteiger partial charge in [0.05, 0.1) is 12.3 Å². The Morgan fingerprint density at radius 1 is 1.53 bits per heavy atom. The average molecular weight is 252 g/mol. The minimum Gasteiger partial charge on any atom is -0.492 e. The molecule has 1 rings (SSSR count). The molecule has 0 amide bonds. The van der Waals surface area contributed by atoms with Crippen molar-refractivity contribution >= 4 is 29.0 Å². The Kier molecular flexibility index (Phi) is 4.71. The van der Waals surface area contributed by atoms with Gasteiger partial charge in [0.1, 0.15) is 5.75 Å². The van der Waals surface area contributed by atoms with Crippen molar-refractivity contribution in [2.24, 2.45) is 5.73 Å². The van der Waals surface area contributed by atoms with Gasteiger partial charge in [-0.1, -0.05) is 12.1 Å². The molecule has 1 aromatic rings. The number of thiocarbonyl (C=S) groups is 1. The largest absolute Gasteiger partial charge is 0.492 e. The fraction of sp³-hybridized carbons (Fsp3) is 0.273. The summed E-state index contributed by atoms with van der Waals surface area (Å²) >= 11 is 5.02. The Bertz CT molecular complexity index is 433. The van der Waals surface area contributed by atoms with Crippen LogP contribution in [0.2, 0.25) is 0 Å². The summed E-state index contributed by atoms with van der Waals surface area (Å²) in [7, 11) is 0. The third-order valence-corrected chi connectivity index (χ3v) is 2.23. The van der Waals surface area contributed by atoms with E-state index in [0.29, 0.717) is 6.61 Å². The van der Waals surface area contributed by atoms with Crippen LogP contribution in [0.1, 0.15) is 12.5 Å². The molecule has 5 N–H and O–H groups in total. The van der Waals surface area contributed by atoms with E-state index >= 15 is 0 Å². The second-order valence-corrected chi connectivity index (χ2v) is 3.78. The average Bonchev–Trinajstić information content (AvgIpc) is 2.22. The number of rotatable bonds is 3. The van der Waals surface area contributed by atoms with E-state index in [1.165, 1.54) is 0 Å². The lowest BCUT2D eigenvalue weighted by molar-refractivity contribution is 0.342. The number of hydrogen-bond acceptors (Lipinski definition) is 3. The molecule has 1 aromatic carbocycles. The summed E-state index contributed by atoms with van der Waals surface area (Å²) in [5.41, 5.74) is 6.98. The highest BCUT2D eigenvalue weighted by molar-refractivity contribution is 7.80. The molecule has 0 radical (unpaired) electrons. The van der Waals surface area contributed by atoms with E-state index in [1.54, 1.807) is 0 Å². The van der Waals surface area contributed by atoms with Crippen molar-refractivity contribution in [3.05, 3.63) is 23.8 Å². The molecule has 0 fully saturated rings. The van der Waals surface area contributed by atoms with Crippen LogP contribution in [0, 0.1) is 12.3 Å². The van der Waals surface area contributed by atoms with Gasteiger partial charge in [-0.2, -0.15) is 0 Å². The number of hydrogen-bond donors (Lipinski definition) is 4. The molecular weight excluding hydrogens is 236 g/mol. The topological polar surface area (TPSA) is 83.2 Å². The maximum atomic E-state index is 7.09. The smallest absolute Gasteiger partial charge is 0.192 e. The van der Waals surface area contributed by atoms with Gasteiger partial charge in [0.2, 0.25) is 0 Å². The Morgan fingerprint density at radius 2 is 2.24 bits per heavy atom. The van der Waals surface area contributed by atoms with E-state index in [9.17, 15) is 0 Å². The zero-order chi connectivity index (χ0) is 12.8. The summed E-state index contributed by atoms with van der Waals surface area (Å²) < 4.78 is 5.49. The lowest BCUT2D eigenvalue weighted by atomic mass is 10.2. The predicted octanol–water partition coefficient (Wildman–Crippen LogP) is 1.57. The summed E-state index contributed by atoms with van der Waals surface area (Å²) in [5, 5.41) is 12.8. The molecule has 0 spiro atoms. The van der Waals surface area contributed by atoms with Crippen LogP contribution in [0.3, 0.4) is 0 Å². The third kappa shape index (κ3) is 3.92. The summed E-state index contributed by atoms with van der Waals surface area (Å²) in [6.07, 6.45) is 0. The number of aryl methyl sites for hydroxylation is 1. The van der Waals surface area contributed by atoms with Crippen molar-refractivity contribution in [3.63, 3.8) is 0 Å². The van der Waals surface area contributed by atoms with Gasteiger partial charge < -0.3 is 21.1 Å². The van der Waals surface area contributed by atoms with Crippen LogP contribution < -0.4 is 21.1 Å². The van der Waals surface area contributed by atoms with E-state index in [-0.39, 0.29) is 11.1 Å². The van der Waals surface area contributed by atoms with Crippen molar-refractivity contribution in [1.29, 1.82) is 5.41 Å². The van der Waals surface area contributed by atoms with Crippen molar-refractivity contribution in [1.82, 2.24) is 5.32 Å². The molecule has 0 aliphatic carbocycles. The normalized spacial score (nSPS) is 9.53. The number of nitrogens with two attached hydrogens (primary N) is 1. The van der Waals surface area contributed by atoms with E-state index < -0.39 is 0 Å². The lowest BCUT2D eigenvalue weighted by Gasteiger charge is -2.15. The molecule has 0 saturated carbocycles. The number of para-hydroxylation sites is 1. The molecular formula is C11H16N4OS. The molecule has 17 heavy (non-hydrogen) atoms. The summed E-state index contributed by atoms with van der Waals surface area (Å²) in [6.45, 7) is 4.44. The monoisotopic (exact) mass is 252 g/mol. The Labute approximate surface area is 106 Å². The van der Waals surface area contributed by atoms with Gasteiger partial charge in [0.15, 0.2) is 11.1 Å². The quantitative estimate of drug-likeness (QED) is 0.373. The number of anilines is 1. The van der Waals surface area contributed by atoms with Gasteiger partial charge in [0.25, 0.3) is 0 Å². The van der Waals surface area contributed by atoms with Crippen LogP contribution in [-0.2, 0) is 0 Å². The van der Waals surface area contributed by atoms with Crippen LogP contribution in [-0.4, -0.2) is 17.7 Å². The molecule has 0 saturated heterocycles. The zero-order valence-electron chi connectivity index (χ0n) is 9.83. The Balaban J connectivity index is 2.88. The van der Waals surface area contributed by atoms with Gasteiger partial charge >= 0.3 is 0 Å². The summed E-state index contributed by atoms with van der Waals surface area (Å²) in [5.74, 6) is 0.522. The maximum Gasteiger partial charge on any atom is 0.192 e. The zero-order valence-corrected chi connectivity index (χ0v) is 10.6. The van der Waals surface area contributed by atoms with Crippen LogP contribution in [0.25, 0.3) is 0 Å². The molecule has 0 unspecified atom stereocenters. The lowest BCUT2D eigenvalue weighted by Crippen LogP contribution is -2.38. The fourth-order valence-corrected chi connectivity index (χ4v) is 1.56. The number of nitrogens with one attached hydrogen (secondary N) is 3. The standard InChI is InChI=1S/C11H16N4OS/c1-3-16-8-6-4-5-7(2)9(8)14-11(17)15-10(12)13/h4-6H,3H2,1-2H3,(H5,12,13,14,15,17). The van der Waals surface area contributed by atoms with Crippen LogP contribution in [0.4, 0.5) is 5.69 Å². The van der Waals surface area contributed by atoms with Crippen LogP contribution in [0.15, 0.2) is 18.2 Å².